The van der Waals surface area contributed by atoms with Crippen molar-refractivity contribution in [1.29, 1.82) is 0 Å². The molecule has 0 saturated carbocycles. The fourth-order valence-electron chi connectivity index (χ4n) is 2.41. The maximum Gasteiger partial charge on any atom is 0.313 e. The van der Waals surface area contributed by atoms with E-state index >= 15 is 0 Å². The van der Waals surface area contributed by atoms with Crippen LogP contribution in [0.1, 0.15) is 25.0 Å². The lowest BCUT2D eigenvalue weighted by molar-refractivity contribution is -0.142. The van der Waals surface area contributed by atoms with Crippen LogP contribution in [0.15, 0.2) is 42.5 Å². The Kier molecular flexibility index (Phi) is 4.71. The molecule has 24 heavy (non-hydrogen) atoms. The Morgan fingerprint density at radius 1 is 1.12 bits per heavy atom. The molecule has 2 rings (SSSR count). The summed E-state index contributed by atoms with van der Waals surface area (Å²) in [7, 11) is -3.36. The minimum absolute atomic E-state index is 0.473. The van der Waals surface area contributed by atoms with Gasteiger partial charge < -0.3 is 5.11 Å². The topological polar surface area (TPSA) is 83.5 Å². The summed E-state index contributed by atoms with van der Waals surface area (Å²) in [5, 5.41) is 9.41. The number of anilines is 1. The lowest BCUT2D eigenvalue weighted by atomic mass is 9.83. The number of benzene rings is 2. The molecular formula is C18H21NO4S. The van der Waals surface area contributed by atoms with Crippen LogP contribution in [0.4, 0.5) is 5.69 Å². The van der Waals surface area contributed by atoms with Crippen molar-refractivity contribution in [2.45, 2.75) is 26.2 Å². The Morgan fingerprint density at radius 2 is 1.79 bits per heavy atom. The summed E-state index contributed by atoms with van der Waals surface area (Å²) in [6.45, 7) is 5.24. The van der Waals surface area contributed by atoms with E-state index in [1.807, 2.05) is 31.2 Å². The molecule has 0 radical (unpaired) electrons. The SMILES string of the molecule is Cc1ccc(NS(C)(=O)=O)cc1-c1cccc(C(C)(C)C(=O)O)c1. The van der Waals surface area contributed by atoms with Gasteiger partial charge in [0, 0.05) is 5.69 Å². The summed E-state index contributed by atoms with van der Waals surface area (Å²) in [6, 6.07) is 12.6. The van der Waals surface area contributed by atoms with Crippen LogP contribution in [-0.4, -0.2) is 25.7 Å². The Labute approximate surface area is 142 Å². The summed E-state index contributed by atoms with van der Waals surface area (Å²) < 4.78 is 25.3. The van der Waals surface area contributed by atoms with Crippen molar-refractivity contribution in [3.05, 3.63) is 53.6 Å². The third-order valence-electron chi connectivity index (χ3n) is 3.97. The fourth-order valence-corrected chi connectivity index (χ4v) is 2.96. The first-order valence-electron chi connectivity index (χ1n) is 7.43. The van der Waals surface area contributed by atoms with Crippen molar-refractivity contribution in [3.63, 3.8) is 0 Å². The van der Waals surface area contributed by atoms with Crippen molar-refractivity contribution >= 4 is 21.7 Å². The Morgan fingerprint density at radius 3 is 2.38 bits per heavy atom. The zero-order valence-electron chi connectivity index (χ0n) is 14.1. The van der Waals surface area contributed by atoms with Gasteiger partial charge in [0.15, 0.2) is 0 Å². The first-order chi connectivity index (χ1) is 11.0. The first-order valence-corrected chi connectivity index (χ1v) is 9.32. The van der Waals surface area contributed by atoms with Gasteiger partial charge in [0.05, 0.1) is 11.7 Å². The van der Waals surface area contributed by atoms with E-state index in [9.17, 15) is 18.3 Å². The van der Waals surface area contributed by atoms with Crippen LogP contribution in [0.3, 0.4) is 0 Å². The van der Waals surface area contributed by atoms with Gasteiger partial charge in [-0.3, -0.25) is 9.52 Å². The second-order valence-corrected chi connectivity index (χ2v) is 8.16. The molecule has 128 valence electrons. The highest BCUT2D eigenvalue weighted by Crippen LogP contribution is 2.31. The normalized spacial score (nSPS) is 12.0. The summed E-state index contributed by atoms with van der Waals surface area (Å²) in [5.41, 5.74) is 2.82. The highest BCUT2D eigenvalue weighted by Gasteiger charge is 2.29. The number of hydrogen-bond acceptors (Lipinski definition) is 3. The number of carboxylic acid groups (broad SMARTS) is 1. The molecule has 0 atom stereocenters. The number of aryl methyl sites for hydroxylation is 1. The van der Waals surface area contributed by atoms with Crippen LogP contribution < -0.4 is 4.72 Å². The molecule has 0 aliphatic heterocycles. The van der Waals surface area contributed by atoms with Gasteiger partial charge in [-0.05, 0) is 55.2 Å². The average Bonchev–Trinajstić information content (AvgIpc) is 2.48. The molecule has 0 heterocycles. The smallest absolute Gasteiger partial charge is 0.313 e. The Hall–Kier alpha value is -2.34. The third-order valence-corrected chi connectivity index (χ3v) is 4.58. The van der Waals surface area contributed by atoms with Gasteiger partial charge in [-0.25, -0.2) is 8.42 Å². The standard InChI is InChI=1S/C18H21NO4S/c1-12-8-9-15(19-24(4,22)23)11-16(12)13-6-5-7-14(10-13)18(2,3)17(20)21/h5-11,19H,1-4H3,(H,20,21). The molecule has 0 unspecified atom stereocenters. The van der Waals surface area contributed by atoms with Gasteiger partial charge in [-0.2, -0.15) is 0 Å². The van der Waals surface area contributed by atoms with Crippen LogP contribution in [0.25, 0.3) is 11.1 Å². The number of nitrogens with one attached hydrogen (secondary N) is 1. The predicted octanol–water partition coefficient (Wildman–Crippen LogP) is 3.40. The molecule has 5 nitrogen and oxygen atoms in total. The third kappa shape index (κ3) is 3.94. The van der Waals surface area contributed by atoms with E-state index < -0.39 is 21.4 Å². The molecule has 2 N–H and O–H groups in total. The van der Waals surface area contributed by atoms with E-state index in [0.717, 1.165) is 22.9 Å². The summed E-state index contributed by atoms with van der Waals surface area (Å²) in [6.07, 6.45) is 1.10. The second-order valence-electron chi connectivity index (χ2n) is 6.41. The van der Waals surface area contributed by atoms with Crippen LogP contribution in [0, 0.1) is 6.92 Å². The van der Waals surface area contributed by atoms with E-state index in [0.29, 0.717) is 11.3 Å². The van der Waals surface area contributed by atoms with E-state index in [-0.39, 0.29) is 0 Å². The van der Waals surface area contributed by atoms with Crippen LogP contribution in [0.5, 0.6) is 0 Å². The largest absolute Gasteiger partial charge is 0.481 e. The maximum absolute atomic E-state index is 11.5. The van der Waals surface area contributed by atoms with Gasteiger partial charge >= 0.3 is 5.97 Å². The van der Waals surface area contributed by atoms with Crippen molar-refractivity contribution in [3.8, 4) is 11.1 Å². The van der Waals surface area contributed by atoms with E-state index in [4.69, 9.17) is 0 Å². The van der Waals surface area contributed by atoms with Crippen molar-refractivity contribution < 1.29 is 18.3 Å². The van der Waals surface area contributed by atoms with Gasteiger partial charge in [0.1, 0.15) is 0 Å². The number of rotatable bonds is 5. The van der Waals surface area contributed by atoms with Crippen molar-refractivity contribution in [1.82, 2.24) is 0 Å². The molecule has 0 aromatic heterocycles. The predicted molar refractivity (Wildman–Crippen MR) is 95.7 cm³/mol. The van der Waals surface area contributed by atoms with Crippen LogP contribution >= 0.6 is 0 Å². The molecular weight excluding hydrogens is 326 g/mol. The molecule has 0 amide bonds. The maximum atomic E-state index is 11.5. The number of hydrogen-bond donors (Lipinski definition) is 2. The number of aliphatic carboxylic acids is 1. The quantitative estimate of drug-likeness (QED) is 0.868. The number of carbonyl (C=O) groups is 1. The molecule has 0 aliphatic carbocycles. The van der Waals surface area contributed by atoms with E-state index in [1.54, 1.807) is 32.0 Å². The first kappa shape index (κ1) is 18.0. The lowest BCUT2D eigenvalue weighted by Gasteiger charge is -2.21. The highest BCUT2D eigenvalue weighted by molar-refractivity contribution is 7.92. The summed E-state index contributed by atoms with van der Waals surface area (Å²) in [5.74, 6) is -0.899. The van der Waals surface area contributed by atoms with Crippen LogP contribution in [-0.2, 0) is 20.2 Å². The fraction of sp³-hybridized carbons (Fsp3) is 0.278. The summed E-state index contributed by atoms with van der Waals surface area (Å²) >= 11 is 0. The van der Waals surface area contributed by atoms with Crippen LogP contribution in [0.2, 0.25) is 0 Å². The van der Waals surface area contributed by atoms with Gasteiger partial charge in [0.25, 0.3) is 0 Å². The molecule has 0 spiro atoms. The van der Waals surface area contributed by atoms with E-state index in [1.165, 1.54) is 0 Å². The van der Waals surface area contributed by atoms with Gasteiger partial charge in [0.2, 0.25) is 10.0 Å². The molecule has 6 heteroatoms. The van der Waals surface area contributed by atoms with E-state index in [2.05, 4.69) is 4.72 Å². The molecule has 2 aromatic carbocycles. The number of sulfonamides is 1. The minimum atomic E-state index is -3.36. The minimum Gasteiger partial charge on any atom is -0.481 e. The zero-order chi connectivity index (χ0) is 18.1. The molecule has 0 saturated heterocycles. The average molecular weight is 347 g/mol. The number of carboxylic acids is 1. The molecule has 0 fully saturated rings. The highest BCUT2D eigenvalue weighted by atomic mass is 32.2. The molecule has 0 aliphatic rings. The Balaban J connectivity index is 2.53. The summed E-state index contributed by atoms with van der Waals surface area (Å²) in [4.78, 5) is 11.5. The lowest BCUT2D eigenvalue weighted by Crippen LogP contribution is -2.28. The molecule has 0 bridgehead atoms. The van der Waals surface area contributed by atoms with Crippen molar-refractivity contribution in [2.75, 3.05) is 11.0 Å². The van der Waals surface area contributed by atoms with Crippen molar-refractivity contribution in [2.24, 2.45) is 0 Å². The van der Waals surface area contributed by atoms with Gasteiger partial charge in [-0.1, -0.05) is 30.3 Å². The monoisotopic (exact) mass is 347 g/mol. The zero-order valence-corrected chi connectivity index (χ0v) is 14.9. The molecule has 2 aromatic rings. The second kappa shape index (κ2) is 6.28. The van der Waals surface area contributed by atoms with Gasteiger partial charge in [-0.15, -0.1) is 0 Å². The Bertz CT molecular complexity index is 886.